The summed E-state index contributed by atoms with van der Waals surface area (Å²) in [6.07, 6.45) is 9.93. The maximum absolute atomic E-state index is 12.8. The number of aryl methyl sites for hydroxylation is 1. The Hall–Kier alpha value is -2.80. The third-order valence-electron chi connectivity index (χ3n) is 4.89. The summed E-state index contributed by atoms with van der Waals surface area (Å²) in [6.45, 7) is 6.05. The van der Waals surface area contributed by atoms with Crippen molar-refractivity contribution in [1.82, 2.24) is 29.4 Å². The molecule has 0 spiro atoms. The first-order valence-corrected chi connectivity index (χ1v) is 8.92. The Kier molecular flexibility index (Phi) is 4.62. The molecule has 1 saturated heterocycles. The fourth-order valence-corrected chi connectivity index (χ4v) is 3.42. The number of hydrogen-bond donors (Lipinski definition) is 0. The maximum Gasteiger partial charge on any atom is 0.255 e. The molecule has 1 aliphatic rings. The summed E-state index contributed by atoms with van der Waals surface area (Å²) in [5.41, 5.74) is 3.69. The Labute approximate surface area is 152 Å². The maximum atomic E-state index is 12.8. The van der Waals surface area contributed by atoms with Crippen molar-refractivity contribution in [2.45, 2.75) is 19.9 Å². The minimum absolute atomic E-state index is 0.0788. The second-order valence-corrected chi connectivity index (χ2v) is 6.67. The number of pyridine rings is 1. The van der Waals surface area contributed by atoms with Crippen LogP contribution >= 0.6 is 0 Å². The van der Waals surface area contributed by atoms with Gasteiger partial charge in [0, 0.05) is 63.1 Å². The number of carbonyl (C=O) groups is 1. The Balaban J connectivity index is 1.43. The van der Waals surface area contributed by atoms with Gasteiger partial charge in [-0.3, -0.25) is 14.7 Å². The van der Waals surface area contributed by atoms with E-state index in [1.807, 2.05) is 36.4 Å². The number of rotatable bonds is 3. The average molecular weight is 350 g/mol. The molecule has 7 nitrogen and oxygen atoms in total. The molecule has 1 aliphatic heterocycles. The Morgan fingerprint density at radius 2 is 2.08 bits per heavy atom. The Bertz CT molecular complexity index is 921. The van der Waals surface area contributed by atoms with Crippen LogP contribution in [0.1, 0.15) is 27.9 Å². The topological polar surface area (TPSA) is 66.6 Å². The predicted molar refractivity (Wildman–Crippen MR) is 97.8 cm³/mol. The highest BCUT2D eigenvalue weighted by Crippen LogP contribution is 2.15. The van der Waals surface area contributed by atoms with E-state index in [0.717, 1.165) is 55.9 Å². The molecule has 0 aromatic carbocycles. The molecular formula is C19H22N6O. The molecule has 1 amide bonds. The zero-order valence-electron chi connectivity index (χ0n) is 14.9. The van der Waals surface area contributed by atoms with Crippen molar-refractivity contribution < 1.29 is 4.79 Å². The van der Waals surface area contributed by atoms with Crippen LogP contribution in [-0.2, 0) is 6.54 Å². The van der Waals surface area contributed by atoms with E-state index in [2.05, 4.69) is 20.0 Å². The fraction of sp³-hybridized carbons (Fsp3) is 0.368. The van der Waals surface area contributed by atoms with Crippen LogP contribution in [0.15, 0.2) is 43.1 Å². The molecule has 26 heavy (non-hydrogen) atoms. The third-order valence-corrected chi connectivity index (χ3v) is 4.89. The highest BCUT2D eigenvalue weighted by molar-refractivity contribution is 5.95. The van der Waals surface area contributed by atoms with Crippen molar-refractivity contribution in [3.63, 3.8) is 0 Å². The summed E-state index contributed by atoms with van der Waals surface area (Å²) in [5, 5.41) is 4.36. The largest absolute Gasteiger partial charge is 0.337 e. The first kappa shape index (κ1) is 16.7. The van der Waals surface area contributed by atoms with Crippen molar-refractivity contribution in [1.29, 1.82) is 0 Å². The molecule has 7 heteroatoms. The van der Waals surface area contributed by atoms with E-state index in [-0.39, 0.29) is 5.91 Å². The Morgan fingerprint density at radius 1 is 1.15 bits per heavy atom. The minimum atomic E-state index is 0.0788. The number of fused-ring (bicyclic) bond motifs is 1. The third kappa shape index (κ3) is 3.30. The molecule has 4 heterocycles. The molecule has 0 radical (unpaired) electrons. The lowest BCUT2D eigenvalue weighted by atomic mass is 10.1. The quantitative estimate of drug-likeness (QED) is 0.720. The van der Waals surface area contributed by atoms with Gasteiger partial charge in [-0.15, -0.1) is 0 Å². The van der Waals surface area contributed by atoms with Crippen molar-refractivity contribution in [2.24, 2.45) is 0 Å². The van der Waals surface area contributed by atoms with Crippen LogP contribution < -0.4 is 0 Å². The first-order chi connectivity index (χ1) is 12.7. The molecule has 1 fully saturated rings. The molecule has 3 aromatic heterocycles. The van der Waals surface area contributed by atoms with Crippen molar-refractivity contribution in [3.8, 4) is 0 Å². The van der Waals surface area contributed by atoms with Crippen molar-refractivity contribution in [2.75, 3.05) is 26.2 Å². The second kappa shape index (κ2) is 7.21. The van der Waals surface area contributed by atoms with Gasteiger partial charge in [-0.1, -0.05) is 0 Å². The van der Waals surface area contributed by atoms with E-state index in [4.69, 9.17) is 0 Å². The minimum Gasteiger partial charge on any atom is -0.337 e. The van der Waals surface area contributed by atoms with Gasteiger partial charge in [0.05, 0.1) is 11.8 Å². The lowest BCUT2D eigenvalue weighted by molar-refractivity contribution is 0.0760. The summed E-state index contributed by atoms with van der Waals surface area (Å²) in [7, 11) is 0. The molecule has 0 N–H and O–H groups in total. The first-order valence-electron chi connectivity index (χ1n) is 8.92. The molecule has 0 saturated carbocycles. The van der Waals surface area contributed by atoms with Crippen LogP contribution in [0.4, 0.5) is 0 Å². The fourth-order valence-electron chi connectivity index (χ4n) is 3.42. The van der Waals surface area contributed by atoms with Gasteiger partial charge in [0.1, 0.15) is 0 Å². The second-order valence-electron chi connectivity index (χ2n) is 6.67. The number of nitrogens with zero attached hydrogens (tertiary/aromatic N) is 6. The van der Waals surface area contributed by atoms with Crippen LogP contribution in [0.25, 0.3) is 5.65 Å². The number of aromatic nitrogens is 4. The van der Waals surface area contributed by atoms with Gasteiger partial charge in [0.25, 0.3) is 5.91 Å². The van der Waals surface area contributed by atoms with Crippen LogP contribution in [-0.4, -0.2) is 61.5 Å². The molecule has 0 aliphatic carbocycles. The van der Waals surface area contributed by atoms with E-state index in [1.54, 1.807) is 23.1 Å². The molecule has 3 aromatic rings. The van der Waals surface area contributed by atoms with Gasteiger partial charge >= 0.3 is 0 Å². The average Bonchev–Trinajstić information content (AvgIpc) is 2.91. The lowest BCUT2D eigenvalue weighted by Crippen LogP contribution is -2.35. The standard InChI is InChI=1S/C19H22N6O/c1-15-4-6-20-13-17(15)19(26)24-8-3-7-23(10-11-24)14-16-12-22-25-9-2-5-21-18(16)25/h2,4-6,9,12-13H,3,7-8,10-11,14H2,1H3. The monoisotopic (exact) mass is 350 g/mol. The predicted octanol–water partition coefficient (Wildman–Crippen LogP) is 1.78. The summed E-state index contributed by atoms with van der Waals surface area (Å²) >= 11 is 0. The van der Waals surface area contributed by atoms with Gasteiger partial charge < -0.3 is 4.90 Å². The Morgan fingerprint density at radius 3 is 2.96 bits per heavy atom. The molecule has 4 rings (SSSR count). The van der Waals surface area contributed by atoms with E-state index < -0.39 is 0 Å². The van der Waals surface area contributed by atoms with E-state index in [9.17, 15) is 4.79 Å². The highest BCUT2D eigenvalue weighted by Gasteiger charge is 2.22. The molecule has 0 unspecified atom stereocenters. The number of carbonyl (C=O) groups excluding carboxylic acids is 1. The summed E-state index contributed by atoms with van der Waals surface area (Å²) < 4.78 is 1.80. The number of hydrogen-bond acceptors (Lipinski definition) is 5. The van der Waals surface area contributed by atoms with Gasteiger partial charge in [-0.05, 0) is 31.0 Å². The molecule has 134 valence electrons. The van der Waals surface area contributed by atoms with E-state index in [0.29, 0.717) is 5.56 Å². The smallest absolute Gasteiger partial charge is 0.255 e. The molecule has 0 atom stereocenters. The van der Waals surface area contributed by atoms with Crippen molar-refractivity contribution in [3.05, 3.63) is 59.8 Å². The van der Waals surface area contributed by atoms with Crippen molar-refractivity contribution >= 4 is 11.6 Å². The van der Waals surface area contributed by atoms with E-state index in [1.165, 1.54) is 0 Å². The van der Waals surface area contributed by atoms with Crippen LogP contribution in [0.5, 0.6) is 0 Å². The summed E-state index contributed by atoms with van der Waals surface area (Å²) in [5.74, 6) is 0.0788. The van der Waals surface area contributed by atoms with Crippen LogP contribution in [0.2, 0.25) is 0 Å². The highest BCUT2D eigenvalue weighted by atomic mass is 16.2. The molecule has 0 bridgehead atoms. The zero-order chi connectivity index (χ0) is 17.9. The van der Waals surface area contributed by atoms with Gasteiger partial charge in [0.15, 0.2) is 5.65 Å². The van der Waals surface area contributed by atoms with E-state index >= 15 is 0 Å². The summed E-state index contributed by atoms with van der Waals surface area (Å²) in [4.78, 5) is 25.7. The normalized spacial score (nSPS) is 16.0. The SMILES string of the molecule is Cc1ccncc1C(=O)N1CCCN(Cc2cnn3cccnc23)CC1. The molecular weight excluding hydrogens is 328 g/mol. The van der Waals surface area contributed by atoms with Gasteiger partial charge in [-0.2, -0.15) is 5.10 Å². The van der Waals surface area contributed by atoms with Gasteiger partial charge in [0.2, 0.25) is 0 Å². The van der Waals surface area contributed by atoms with Gasteiger partial charge in [-0.25, -0.2) is 9.50 Å². The van der Waals surface area contributed by atoms with Crippen LogP contribution in [0, 0.1) is 6.92 Å². The zero-order valence-corrected chi connectivity index (χ0v) is 14.9. The lowest BCUT2D eigenvalue weighted by Gasteiger charge is -2.22. The number of amides is 1. The van der Waals surface area contributed by atoms with Crippen LogP contribution in [0.3, 0.4) is 0 Å². The summed E-state index contributed by atoms with van der Waals surface area (Å²) in [6, 6.07) is 3.76.